The number of ketones is 1. The molecule has 0 unspecified atom stereocenters. The third-order valence-electron chi connectivity index (χ3n) is 5.62. The molecule has 0 radical (unpaired) electrons. The highest BCUT2D eigenvalue weighted by Crippen LogP contribution is 2.36. The molecule has 0 aliphatic carbocycles. The van der Waals surface area contributed by atoms with Crippen molar-refractivity contribution in [1.29, 1.82) is 0 Å². The normalized spacial score (nSPS) is 11.5. The second kappa shape index (κ2) is 9.74. The molecule has 0 saturated heterocycles. The van der Waals surface area contributed by atoms with E-state index in [0.29, 0.717) is 17.0 Å². The van der Waals surface area contributed by atoms with Crippen LogP contribution in [0.5, 0.6) is 5.75 Å². The average molecular weight is 537 g/mol. The Morgan fingerprint density at radius 2 is 1.73 bits per heavy atom. The minimum Gasteiger partial charge on any atom is -0.485 e. The molecule has 0 spiro atoms. The first-order chi connectivity index (χ1) is 17.7. The van der Waals surface area contributed by atoms with E-state index in [1.54, 1.807) is 47.4 Å². The van der Waals surface area contributed by atoms with Gasteiger partial charge >= 0.3 is 0 Å². The Morgan fingerprint density at radius 1 is 1.00 bits per heavy atom. The first-order valence-corrected chi connectivity index (χ1v) is 12.8. The van der Waals surface area contributed by atoms with Crippen LogP contribution in [-0.2, 0) is 10.0 Å². The van der Waals surface area contributed by atoms with E-state index in [4.69, 9.17) is 21.5 Å². The van der Waals surface area contributed by atoms with Gasteiger partial charge in [0, 0.05) is 41.3 Å². The fourth-order valence-corrected chi connectivity index (χ4v) is 4.93. The van der Waals surface area contributed by atoms with Crippen LogP contribution >= 0.6 is 11.6 Å². The fraction of sp³-hybridized carbons (Fsp3) is 0.0385. The van der Waals surface area contributed by atoms with Gasteiger partial charge in [-0.05, 0) is 66.2 Å². The van der Waals surface area contributed by atoms with Gasteiger partial charge in [-0.25, -0.2) is 22.5 Å². The van der Waals surface area contributed by atoms with Crippen molar-refractivity contribution < 1.29 is 22.3 Å². The largest absolute Gasteiger partial charge is 0.485 e. The third-order valence-corrected chi connectivity index (χ3v) is 7.02. The van der Waals surface area contributed by atoms with Crippen molar-refractivity contribution in [3.63, 3.8) is 0 Å². The predicted molar refractivity (Wildman–Crippen MR) is 136 cm³/mol. The van der Waals surface area contributed by atoms with Crippen LogP contribution in [0, 0.1) is 5.82 Å². The van der Waals surface area contributed by atoms with Gasteiger partial charge in [0.15, 0.2) is 12.4 Å². The average Bonchev–Trinajstić information content (AvgIpc) is 3.26. The minimum absolute atomic E-state index is 0.0771. The molecule has 0 bridgehead atoms. The van der Waals surface area contributed by atoms with Crippen LogP contribution in [0.1, 0.15) is 10.4 Å². The number of ether oxygens (including phenoxy) is 1. The van der Waals surface area contributed by atoms with E-state index in [9.17, 15) is 17.6 Å². The Kier molecular flexibility index (Phi) is 6.46. The van der Waals surface area contributed by atoms with Gasteiger partial charge in [-0.15, -0.1) is 0 Å². The molecular weight excluding hydrogens is 519 g/mol. The van der Waals surface area contributed by atoms with Gasteiger partial charge < -0.3 is 4.74 Å². The van der Waals surface area contributed by atoms with Gasteiger partial charge in [0.1, 0.15) is 22.2 Å². The number of sulfonamides is 1. The van der Waals surface area contributed by atoms with Gasteiger partial charge in [-0.2, -0.15) is 5.10 Å². The van der Waals surface area contributed by atoms with E-state index in [2.05, 4.69) is 10.1 Å². The lowest BCUT2D eigenvalue weighted by Gasteiger charge is -2.08. The lowest BCUT2D eigenvalue weighted by atomic mass is 10.0. The second-order valence-electron chi connectivity index (χ2n) is 8.06. The Bertz CT molecular complexity index is 1740. The monoisotopic (exact) mass is 536 g/mol. The topological polar surface area (TPSA) is 117 Å². The SMILES string of the molecule is NS(=O)(=O)c1cc(C(=O)COc2ccn3nc(-c4ccc(F)cc4)c(-c4ccncc4)c3c2)ccc1Cl. The standard InChI is InChI=1S/C26H18ClFN4O4S/c27-21-6-3-18(13-24(21)37(29,34)35)23(33)15-36-20-9-12-32-22(14-20)25(16-7-10-30-11-8-16)26(31-32)17-1-4-19(28)5-2-17/h1-14H,15H2,(H2,29,34,35). The molecule has 5 aromatic rings. The molecule has 0 amide bonds. The Balaban J connectivity index is 1.49. The van der Waals surface area contributed by atoms with E-state index < -0.39 is 15.8 Å². The van der Waals surface area contributed by atoms with Crippen LogP contribution in [0.15, 0.2) is 90.2 Å². The number of fused-ring (bicyclic) bond motifs is 1. The van der Waals surface area contributed by atoms with E-state index in [0.717, 1.165) is 22.8 Å². The number of hydrogen-bond donors (Lipinski definition) is 1. The molecule has 186 valence electrons. The molecule has 3 heterocycles. The third kappa shape index (κ3) is 5.08. The zero-order chi connectivity index (χ0) is 26.2. The van der Waals surface area contributed by atoms with Crippen molar-refractivity contribution in [2.75, 3.05) is 6.61 Å². The maximum atomic E-state index is 13.5. The smallest absolute Gasteiger partial charge is 0.239 e. The highest BCUT2D eigenvalue weighted by atomic mass is 35.5. The van der Waals surface area contributed by atoms with E-state index >= 15 is 0 Å². The van der Waals surface area contributed by atoms with Crippen LogP contribution in [-0.4, -0.2) is 35.4 Å². The van der Waals surface area contributed by atoms with E-state index in [1.807, 2.05) is 12.1 Å². The van der Waals surface area contributed by atoms with E-state index in [1.165, 1.54) is 24.3 Å². The molecule has 0 atom stereocenters. The van der Waals surface area contributed by atoms with Crippen LogP contribution in [0.3, 0.4) is 0 Å². The summed E-state index contributed by atoms with van der Waals surface area (Å²) in [5, 5.41) is 9.78. The number of nitrogens with zero attached hydrogens (tertiary/aromatic N) is 3. The molecule has 8 nitrogen and oxygen atoms in total. The molecule has 2 aromatic carbocycles. The molecule has 0 saturated carbocycles. The summed E-state index contributed by atoms with van der Waals surface area (Å²) >= 11 is 5.90. The number of rotatable bonds is 7. The summed E-state index contributed by atoms with van der Waals surface area (Å²) in [5.74, 6) is -0.422. The zero-order valence-electron chi connectivity index (χ0n) is 19.0. The maximum absolute atomic E-state index is 13.5. The molecule has 11 heteroatoms. The van der Waals surface area contributed by atoms with Gasteiger partial charge in [0.2, 0.25) is 10.0 Å². The zero-order valence-corrected chi connectivity index (χ0v) is 20.6. The van der Waals surface area contributed by atoms with Gasteiger partial charge in [0.25, 0.3) is 0 Å². The molecule has 2 N–H and O–H groups in total. The number of primary sulfonamides is 1. The van der Waals surface area contributed by atoms with Crippen LogP contribution in [0.2, 0.25) is 5.02 Å². The molecule has 37 heavy (non-hydrogen) atoms. The number of carbonyl (C=O) groups excluding carboxylic acids is 1. The lowest BCUT2D eigenvalue weighted by molar-refractivity contribution is 0.0921. The summed E-state index contributed by atoms with van der Waals surface area (Å²) in [7, 11) is -4.10. The number of nitrogens with two attached hydrogens (primary N) is 1. The Morgan fingerprint density at radius 3 is 2.43 bits per heavy atom. The summed E-state index contributed by atoms with van der Waals surface area (Å²) in [6.07, 6.45) is 5.01. The van der Waals surface area contributed by atoms with Crippen molar-refractivity contribution in [2.45, 2.75) is 4.90 Å². The summed E-state index contributed by atoms with van der Waals surface area (Å²) in [6.45, 7) is -0.356. The Hall–Kier alpha value is -4.12. The predicted octanol–water partition coefficient (Wildman–Crippen LogP) is 4.76. The highest BCUT2D eigenvalue weighted by Gasteiger charge is 2.19. The summed E-state index contributed by atoms with van der Waals surface area (Å²) < 4.78 is 44.4. The second-order valence-corrected chi connectivity index (χ2v) is 10.00. The highest BCUT2D eigenvalue weighted by molar-refractivity contribution is 7.89. The number of pyridine rings is 2. The van der Waals surface area contributed by atoms with Crippen molar-refractivity contribution >= 4 is 32.9 Å². The van der Waals surface area contributed by atoms with Crippen LogP contribution in [0.25, 0.3) is 27.9 Å². The minimum atomic E-state index is -4.10. The molecule has 3 aromatic heterocycles. The van der Waals surface area contributed by atoms with Gasteiger partial charge in [-0.1, -0.05) is 11.6 Å². The number of halogens is 2. The number of benzene rings is 2. The fourth-order valence-electron chi connectivity index (χ4n) is 3.86. The lowest BCUT2D eigenvalue weighted by Crippen LogP contribution is -2.16. The first kappa shape index (κ1) is 24.6. The molecule has 0 aliphatic rings. The number of aromatic nitrogens is 3. The number of hydrogen-bond acceptors (Lipinski definition) is 6. The van der Waals surface area contributed by atoms with Crippen molar-refractivity contribution in [2.24, 2.45) is 5.14 Å². The molecule has 0 aliphatic heterocycles. The maximum Gasteiger partial charge on any atom is 0.239 e. The summed E-state index contributed by atoms with van der Waals surface area (Å²) in [6, 6.07) is 16.9. The van der Waals surface area contributed by atoms with Gasteiger partial charge in [0.05, 0.1) is 10.5 Å². The summed E-state index contributed by atoms with van der Waals surface area (Å²) in [4.78, 5) is 16.5. The number of carbonyl (C=O) groups is 1. The van der Waals surface area contributed by atoms with Crippen LogP contribution < -0.4 is 9.88 Å². The Labute approximate surface area is 216 Å². The van der Waals surface area contributed by atoms with Crippen LogP contribution in [0.4, 0.5) is 4.39 Å². The van der Waals surface area contributed by atoms with E-state index in [-0.39, 0.29) is 27.9 Å². The summed E-state index contributed by atoms with van der Waals surface area (Å²) in [5.41, 5.74) is 3.77. The molecule has 5 rings (SSSR count). The first-order valence-electron chi connectivity index (χ1n) is 10.9. The quantitative estimate of drug-likeness (QED) is 0.300. The van der Waals surface area contributed by atoms with Gasteiger partial charge in [-0.3, -0.25) is 9.78 Å². The van der Waals surface area contributed by atoms with Crippen molar-refractivity contribution in [3.8, 4) is 28.1 Å². The molecule has 0 fully saturated rings. The number of Topliss-reactive ketones (excluding diaryl/α,β-unsaturated/α-hetero) is 1. The molecular formula is C26H18ClFN4O4S. The van der Waals surface area contributed by atoms with Crippen molar-refractivity contribution in [3.05, 3.63) is 102 Å². The van der Waals surface area contributed by atoms with Crippen molar-refractivity contribution in [1.82, 2.24) is 14.6 Å².